The van der Waals surface area contributed by atoms with Crippen LogP contribution in [0.3, 0.4) is 0 Å². The number of rotatable bonds is 5. The summed E-state index contributed by atoms with van der Waals surface area (Å²) in [5.41, 5.74) is 7.23. The summed E-state index contributed by atoms with van der Waals surface area (Å²) in [7, 11) is 0. The Bertz CT molecular complexity index is 333. The standard InChI is InChI=1S/C14H21NS/c1-14(2,15)9-11-5-7-13(8-6-11)16-10-12-3-4-12/h5-8,12H,3-4,9-10,15H2,1-2H3. The Morgan fingerprint density at radius 3 is 2.38 bits per heavy atom. The maximum absolute atomic E-state index is 6.01. The molecule has 1 saturated carbocycles. The van der Waals surface area contributed by atoms with Crippen LogP contribution in [0.5, 0.6) is 0 Å². The molecule has 0 radical (unpaired) electrons. The summed E-state index contributed by atoms with van der Waals surface area (Å²) in [5, 5.41) is 0. The molecule has 1 aromatic carbocycles. The van der Waals surface area contributed by atoms with E-state index in [1.54, 1.807) is 0 Å². The summed E-state index contributed by atoms with van der Waals surface area (Å²) < 4.78 is 0. The van der Waals surface area contributed by atoms with Crippen LogP contribution in [0.25, 0.3) is 0 Å². The molecule has 0 spiro atoms. The molecule has 1 aliphatic rings. The Labute approximate surface area is 103 Å². The van der Waals surface area contributed by atoms with Crippen molar-refractivity contribution in [3.05, 3.63) is 29.8 Å². The van der Waals surface area contributed by atoms with Crippen LogP contribution in [0, 0.1) is 5.92 Å². The van der Waals surface area contributed by atoms with Gasteiger partial charge >= 0.3 is 0 Å². The van der Waals surface area contributed by atoms with Gasteiger partial charge in [0.1, 0.15) is 0 Å². The van der Waals surface area contributed by atoms with Gasteiger partial charge in [-0.1, -0.05) is 12.1 Å². The predicted molar refractivity (Wildman–Crippen MR) is 71.9 cm³/mol. The minimum absolute atomic E-state index is 0.108. The summed E-state index contributed by atoms with van der Waals surface area (Å²) in [6.07, 6.45) is 3.82. The third-order valence-corrected chi connectivity index (χ3v) is 4.01. The Morgan fingerprint density at radius 1 is 1.25 bits per heavy atom. The minimum Gasteiger partial charge on any atom is -0.325 e. The molecule has 0 aliphatic heterocycles. The molecule has 0 bridgehead atoms. The molecule has 0 unspecified atom stereocenters. The zero-order valence-electron chi connectivity index (χ0n) is 10.2. The first-order chi connectivity index (χ1) is 7.53. The second-order valence-corrected chi connectivity index (χ2v) is 6.66. The molecule has 0 amide bonds. The molecule has 1 aromatic rings. The van der Waals surface area contributed by atoms with Gasteiger partial charge in [-0.2, -0.15) is 0 Å². The van der Waals surface area contributed by atoms with Crippen molar-refractivity contribution in [2.45, 2.75) is 43.5 Å². The lowest BCUT2D eigenvalue weighted by Crippen LogP contribution is -2.34. The quantitative estimate of drug-likeness (QED) is 0.791. The van der Waals surface area contributed by atoms with Gasteiger partial charge in [0, 0.05) is 16.2 Å². The van der Waals surface area contributed by atoms with E-state index in [0.717, 1.165) is 12.3 Å². The number of thioether (sulfide) groups is 1. The molecule has 1 aliphatic carbocycles. The van der Waals surface area contributed by atoms with Crippen molar-refractivity contribution in [3.63, 3.8) is 0 Å². The molecular formula is C14H21NS. The highest BCUT2D eigenvalue weighted by Gasteiger charge is 2.21. The van der Waals surface area contributed by atoms with E-state index >= 15 is 0 Å². The number of hydrogen-bond donors (Lipinski definition) is 1. The normalized spacial score (nSPS) is 16.4. The Balaban J connectivity index is 1.87. The zero-order chi connectivity index (χ0) is 11.6. The van der Waals surface area contributed by atoms with E-state index in [-0.39, 0.29) is 5.54 Å². The van der Waals surface area contributed by atoms with E-state index in [1.807, 2.05) is 11.8 Å². The molecule has 1 nitrogen and oxygen atoms in total. The minimum atomic E-state index is -0.108. The molecule has 16 heavy (non-hydrogen) atoms. The van der Waals surface area contributed by atoms with Gasteiger partial charge in [-0.25, -0.2) is 0 Å². The fraction of sp³-hybridized carbons (Fsp3) is 0.571. The van der Waals surface area contributed by atoms with E-state index in [9.17, 15) is 0 Å². The molecule has 0 saturated heterocycles. The van der Waals surface area contributed by atoms with Gasteiger partial charge in [0.05, 0.1) is 0 Å². The van der Waals surface area contributed by atoms with Crippen LogP contribution in [-0.2, 0) is 6.42 Å². The van der Waals surface area contributed by atoms with E-state index < -0.39 is 0 Å². The fourth-order valence-electron chi connectivity index (χ4n) is 1.73. The summed E-state index contributed by atoms with van der Waals surface area (Å²) >= 11 is 1.99. The summed E-state index contributed by atoms with van der Waals surface area (Å²) in [4.78, 5) is 1.39. The smallest absolute Gasteiger partial charge is 0.0138 e. The number of hydrogen-bond acceptors (Lipinski definition) is 2. The molecule has 2 heteroatoms. The molecular weight excluding hydrogens is 214 g/mol. The van der Waals surface area contributed by atoms with Gasteiger partial charge in [-0.15, -0.1) is 11.8 Å². The highest BCUT2D eigenvalue weighted by atomic mass is 32.2. The highest BCUT2D eigenvalue weighted by molar-refractivity contribution is 7.99. The Hall–Kier alpha value is -0.470. The maximum Gasteiger partial charge on any atom is 0.0138 e. The molecule has 88 valence electrons. The van der Waals surface area contributed by atoms with Crippen LogP contribution in [0.2, 0.25) is 0 Å². The van der Waals surface area contributed by atoms with E-state index in [4.69, 9.17) is 5.73 Å². The van der Waals surface area contributed by atoms with Crippen molar-refractivity contribution in [1.29, 1.82) is 0 Å². The highest BCUT2D eigenvalue weighted by Crippen LogP contribution is 2.35. The van der Waals surface area contributed by atoms with Crippen LogP contribution in [0.4, 0.5) is 0 Å². The second kappa shape index (κ2) is 4.80. The number of benzene rings is 1. The zero-order valence-corrected chi connectivity index (χ0v) is 11.0. The van der Waals surface area contributed by atoms with Crippen molar-refractivity contribution in [2.75, 3.05) is 5.75 Å². The van der Waals surface area contributed by atoms with Crippen molar-refractivity contribution < 1.29 is 0 Å². The Morgan fingerprint density at radius 2 is 1.88 bits per heavy atom. The maximum atomic E-state index is 6.01. The van der Waals surface area contributed by atoms with Gasteiger partial charge in [0.2, 0.25) is 0 Å². The summed E-state index contributed by atoms with van der Waals surface area (Å²) in [5.74, 6) is 2.29. The average Bonchev–Trinajstić information content (AvgIpc) is 2.98. The predicted octanol–water partition coefficient (Wildman–Crippen LogP) is 3.47. The van der Waals surface area contributed by atoms with Crippen LogP contribution < -0.4 is 5.73 Å². The van der Waals surface area contributed by atoms with Crippen LogP contribution in [0.15, 0.2) is 29.2 Å². The second-order valence-electron chi connectivity index (χ2n) is 5.56. The topological polar surface area (TPSA) is 26.0 Å². The molecule has 0 heterocycles. The summed E-state index contributed by atoms with van der Waals surface area (Å²) in [6.45, 7) is 4.14. The van der Waals surface area contributed by atoms with Crippen molar-refractivity contribution in [1.82, 2.24) is 0 Å². The molecule has 0 atom stereocenters. The Kier molecular flexibility index (Phi) is 3.60. The lowest BCUT2D eigenvalue weighted by Gasteiger charge is -2.18. The van der Waals surface area contributed by atoms with Crippen molar-refractivity contribution in [3.8, 4) is 0 Å². The molecule has 0 aromatic heterocycles. The van der Waals surface area contributed by atoms with Gasteiger partial charge in [0.15, 0.2) is 0 Å². The van der Waals surface area contributed by atoms with Crippen LogP contribution >= 0.6 is 11.8 Å². The van der Waals surface area contributed by atoms with E-state index in [1.165, 1.54) is 29.1 Å². The van der Waals surface area contributed by atoms with Crippen molar-refractivity contribution >= 4 is 11.8 Å². The van der Waals surface area contributed by atoms with Crippen LogP contribution in [-0.4, -0.2) is 11.3 Å². The lowest BCUT2D eigenvalue weighted by molar-refractivity contribution is 0.516. The third-order valence-electron chi connectivity index (χ3n) is 2.77. The first-order valence-corrected chi connectivity index (χ1v) is 7.02. The fourth-order valence-corrected chi connectivity index (χ4v) is 2.82. The number of nitrogens with two attached hydrogens (primary N) is 1. The van der Waals surface area contributed by atoms with Gasteiger partial charge in [-0.3, -0.25) is 0 Å². The largest absolute Gasteiger partial charge is 0.325 e. The van der Waals surface area contributed by atoms with E-state index in [0.29, 0.717) is 0 Å². The first kappa shape index (κ1) is 12.0. The summed E-state index contributed by atoms with van der Waals surface area (Å²) in [6, 6.07) is 8.88. The molecule has 1 fully saturated rings. The molecule has 2 N–H and O–H groups in total. The van der Waals surface area contributed by atoms with Crippen molar-refractivity contribution in [2.24, 2.45) is 11.7 Å². The third kappa shape index (κ3) is 4.18. The first-order valence-electron chi connectivity index (χ1n) is 6.03. The SMILES string of the molecule is CC(C)(N)Cc1ccc(SCC2CC2)cc1. The molecule has 2 rings (SSSR count). The van der Waals surface area contributed by atoms with Gasteiger partial charge < -0.3 is 5.73 Å². The lowest BCUT2D eigenvalue weighted by atomic mass is 9.96. The average molecular weight is 235 g/mol. The van der Waals surface area contributed by atoms with Gasteiger partial charge in [-0.05, 0) is 56.7 Å². The van der Waals surface area contributed by atoms with E-state index in [2.05, 4.69) is 38.1 Å². The van der Waals surface area contributed by atoms with Gasteiger partial charge in [0.25, 0.3) is 0 Å². The van der Waals surface area contributed by atoms with Crippen LogP contribution in [0.1, 0.15) is 32.3 Å². The monoisotopic (exact) mass is 235 g/mol.